The van der Waals surface area contributed by atoms with E-state index < -0.39 is 0 Å². The second kappa shape index (κ2) is 6.15. The van der Waals surface area contributed by atoms with Crippen LogP contribution in [0.5, 0.6) is 0 Å². The lowest BCUT2D eigenvalue weighted by Gasteiger charge is -2.22. The Bertz CT molecular complexity index is 946. The second-order valence-corrected chi connectivity index (χ2v) is 7.30. The summed E-state index contributed by atoms with van der Waals surface area (Å²) in [6, 6.07) is 16.2. The highest BCUT2D eigenvalue weighted by Gasteiger charge is 2.32. The van der Waals surface area contributed by atoms with E-state index in [-0.39, 0.29) is 11.9 Å². The molecule has 1 aromatic heterocycles. The third-order valence-corrected chi connectivity index (χ3v) is 5.27. The molecule has 0 saturated carbocycles. The number of aromatic nitrogens is 2. The summed E-state index contributed by atoms with van der Waals surface area (Å²) in [7, 11) is 0. The van der Waals surface area contributed by atoms with Crippen molar-refractivity contribution in [3.8, 4) is 5.69 Å². The van der Waals surface area contributed by atoms with Gasteiger partial charge >= 0.3 is 0 Å². The molecule has 0 saturated heterocycles. The Morgan fingerprint density at radius 3 is 2.64 bits per heavy atom. The average molecular weight is 396 g/mol. The number of carbonyl (C=O) groups excluding carboxylic acids is 1. The predicted molar refractivity (Wildman–Crippen MR) is 102 cm³/mol. The summed E-state index contributed by atoms with van der Waals surface area (Å²) in [6.07, 6.45) is 2.56. The number of amides is 1. The van der Waals surface area contributed by atoms with Crippen LogP contribution in [0.15, 0.2) is 59.2 Å². The van der Waals surface area contributed by atoms with Gasteiger partial charge < -0.3 is 4.90 Å². The summed E-state index contributed by atoms with van der Waals surface area (Å²) in [5.74, 6) is 0.0123. The zero-order valence-electron chi connectivity index (χ0n) is 14.1. The van der Waals surface area contributed by atoms with Crippen molar-refractivity contribution in [2.24, 2.45) is 0 Å². The zero-order chi connectivity index (χ0) is 17.6. The van der Waals surface area contributed by atoms with Crippen molar-refractivity contribution in [2.75, 3.05) is 4.90 Å². The Balaban J connectivity index is 1.71. The molecular weight excluding hydrogens is 378 g/mol. The first-order valence-electron chi connectivity index (χ1n) is 8.28. The fourth-order valence-corrected chi connectivity index (χ4v) is 3.73. The predicted octanol–water partition coefficient (Wildman–Crippen LogP) is 4.53. The SMILES string of the molecule is Cc1c(C(=O)N2c3ccccc3C[C@H]2C)cnn1-c1ccc(Br)cc1. The van der Waals surface area contributed by atoms with Crippen molar-refractivity contribution >= 4 is 27.5 Å². The van der Waals surface area contributed by atoms with Crippen LogP contribution in [0.4, 0.5) is 5.69 Å². The van der Waals surface area contributed by atoms with E-state index in [1.54, 1.807) is 6.20 Å². The second-order valence-electron chi connectivity index (χ2n) is 6.39. The first kappa shape index (κ1) is 16.1. The Morgan fingerprint density at radius 2 is 1.88 bits per heavy atom. The number of para-hydroxylation sites is 1. The van der Waals surface area contributed by atoms with Gasteiger partial charge in [0.1, 0.15) is 0 Å². The number of nitrogens with zero attached hydrogens (tertiary/aromatic N) is 3. The zero-order valence-corrected chi connectivity index (χ0v) is 15.7. The van der Waals surface area contributed by atoms with Gasteiger partial charge in [-0.2, -0.15) is 5.10 Å². The molecule has 1 aliphatic heterocycles. The highest BCUT2D eigenvalue weighted by Crippen LogP contribution is 2.33. The van der Waals surface area contributed by atoms with Crippen LogP contribution in [-0.2, 0) is 6.42 Å². The number of hydrogen-bond acceptors (Lipinski definition) is 2. The number of anilines is 1. The van der Waals surface area contributed by atoms with Gasteiger partial charge in [-0.3, -0.25) is 4.79 Å². The van der Waals surface area contributed by atoms with Crippen molar-refractivity contribution in [3.05, 3.63) is 76.0 Å². The fourth-order valence-electron chi connectivity index (χ4n) is 3.47. The van der Waals surface area contributed by atoms with Gasteiger partial charge in [0.25, 0.3) is 5.91 Å². The molecule has 126 valence electrons. The largest absolute Gasteiger partial charge is 0.305 e. The molecule has 1 aliphatic rings. The minimum absolute atomic E-state index is 0.0123. The van der Waals surface area contributed by atoms with E-state index in [1.165, 1.54) is 5.56 Å². The molecule has 0 bridgehead atoms. The molecule has 5 heteroatoms. The maximum atomic E-state index is 13.2. The Labute approximate surface area is 155 Å². The van der Waals surface area contributed by atoms with Crippen LogP contribution < -0.4 is 4.90 Å². The molecule has 1 atom stereocenters. The van der Waals surface area contributed by atoms with Gasteiger partial charge in [-0.25, -0.2) is 4.68 Å². The van der Waals surface area contributed by atoms with Crippen LogP contribution in [0.25, 0.3) is 5.69 Å². The summed E-state index contributed by atoms with van der Waals surface area (Å²) >= 11 is 3.44. The van der Waals surface area contributed by atoms with Crippen LogP contribution >= 0.6 is 15.9 Å². The van der Waals surface area contributed by atoms with Gasteiger partial charge in [0.15, 0.2) is 0 Å². The lowest BCUT2D eigenvalue weighted by atomic mass is 10.1. The third kappa shape index (κ3) is 2.68. The van der Waals surface area contributed by atoms with Crippen molar-refractivity contribution in [2.45, 2.75) is 26.3 Å². The quantitative estimate of drug-likeness (QED) is 0.638. The van der Waals surface area contributed by atoms with Gasteiger partial charge in [-0.1, -0.05) is 34.1 Å². The molecule has 4 rings (SSSR count). The Morgan fingerprint density at radius 1 is 1.16 bits per heavy atom. The monoisotopic (exact) mass is 395 g/mol. The molecule has 2 aromatic carbocycles. The summed E-state index contributed by atoms with van der Waals surface area (Å²) in [5, 5.41) is 4.44. The van der Waals surface area contributed by atoms with Crippen molar-refractivity contribution in [1.29, 1.82) is 0 Å². The molecule has 0 fully saturated rings. The Kier molecular flexibility index (Phi) is 3.96. The number of fused-ring (bicyclic) bond motifs is 1. The van der Waals surface area contributed by atoms with Gasteiger partial charge in [-0.15, -0.1) is 0 Å². The minimum Gasteiger partial charge on any atom is -0.305 e. The Hall–Kier alpha value is -2.40. The van der Waals surface area contributed by atoms with E-state index in [2.05, 4.69) is 34.0 Å². The van der Waals surface area contributed by atoms with E-state index in [0.29, 0.717) is 5.56 Å². The molecule has 0 N–H and O–H groups in total. The fraction of sp³-hybridized carbons (Fsp3) is 0.200. The van der Waals surface area contributed by atoms with E-state index in [1.807, 2.05) is 59.0 Å². The molecule has 0 spiro atoms. The average Bonchev–Trinajstić information content (AvgIpc) is 3.14. The first-order valence-corrected chi connectivity index (χ1v) is 9.07. The highest BCUT2D eigenvalue weighted by molar-refractivity contribution is 9.10. The number of halogens is 1. The van der Waals surface area contributed by atoms with Gasteiger partial charge in [0.05, 0.1) is 23.1 Å². The maximum Gasteiger partial charge on any atom is 0.262 e. The molecule has 2 heterocycles. The van der Waals surface area contributed by atoms with Crippen molar-refractivity contribution in [1.82, 2.24) is 9.78 Å². The van der Waals surface area contributed by atoms with Gasteiger partial charge in [0.2, 0.25) is 0 Å². The van der Waals surface area contributed by atoms with Crippen LogP contribution in [0.1, 0.15) is 28.5 Å². The summed E-state index contributed by atoms with van der Waals surface area (Å²) in [5.41, 5.74) is 4.67. The van der Waals surface area contributed by atoms with E-state index in [4.69, 9.17) is 0 Å². The molecule has 1 amide bonds. The normalized spacial score (nSPS) is 16.1. The molecule has 3 aromatic rings. The van der Waals surface area contributed by atoms with E-state index in [0.717, 1.165) is 28.0 Å². The van der Waals surface area contributed by atoms with Gasteiger partial charge in [0, 0.05) is 16.2 Å². The number of carbonyl (C=O) groups is 1. The van der Waals surface area contributed by atoms with Crippen LogP contribution in [0.2, 0.25) is 0 Å². The van der Waals surface area contributed by atoms with Crippen LogP contribution in [-0.4, -0.2) is 21.7 Å². The topological polar surface area (TPSA) is 38.1 Å². The summed E-state index contributed by atoms with van der Waals surface area (Å²) < 4.78 is 2.83. The van der Waals surface area contributed by atoms with Crippen molar-refractivity contribution < 1.29 is 4.79 Å². The lowest BCUT2D eigenvalue weighted by Crippen LogP contribution is -2.36. The van der Waals surface area contributed by atoms with Gasteiger partial charge in [-0.05, 0) is 56.2 Å². The first-order chi connectivity index (χ1) is 12.1. The van der Waals surface area contributed by atoms with Crippen LogP contribution in [0, 0.1) is 6.92 Å². The maximum absolute atomic E-state index is 13.2. The molecule has 25 heavy (non-hydrogen) atoms. The molecular formula is C20H18BrN3O. The highest BCUT2D eigenvalue weighted by atomic mass is 79.9. The van der Waals surface area contributed by atoms with Crippen LogP contribution in [0.3, 0.4) is 0 Å². The number of rotatable bonds is 2. The van der Waals surface area contributed by atoms with E-state index in [9.17, 15) is 4.79 Å². The molecule has 0 unspecified atom stereocenters. The third-order valence-electron chi connectivity index (χ3n) is 4.74. The molecule has 0 aliphatic carbocycles. The summed E-state index contributed by atoms with van der Waals surface area (Å²) in [4.78, 5) is 15.1. The molecule has 0 radical (unpaired) electrons. The molecule has 4 nitrogen and oxygen atoms in total. The summed E-state index contributed by atoms with van der Waals surface area (Å²) in [6.45, 7) is 4.03. The lowest BCUT2D eigenvalue weighted by molar-refractivity contribution is 0.0981. The smallest absolute Gasteiger partial charge is 0.262 e. The number of benzene rings is 2. The van der Waals surface area contributed by atoms with Crippen molar-refractivity contribution in [3.63, 3.8) is 0 Å². The standard InChI is InChI=1S/C20H18BrN3O/c1-13-11-15-5-3-4-6-19(15)23(13)20(25)18-12-22-24(14(18)2)17-9-7-16(21)8-10-17/h3-10,12-13H,11H2,1-2H3/t13-/m1/s1. The minimum atomic E-state index is 0.0123. The van der Waals surface area contributed by atoms with E-state index >= 15 is 0 Å². The number of hydrogen-bond donors (Lipinski definition) is 0.